The molecule has 4 rings (SSSR count). The maximum Gasteiger partial charge on any atom is 0.250 e. The van der Waals surface area contributed by atoms with Crippen molar-refractivity contribution >= 4 is 16.9 Å². The van der Waals surface area contributed by atoms with Crippen LogP contribution in [0.25, 0.3) is 11.0 Å². The Morgan fingerprint density at radius 2 is 2.09 bits per heavy atom. The molecule has 116 valence electrons. The van der Waals surface area contributed by atoms with Gasteiger partial charge in [-0.15, -0.1) is 0 Å². The Kier molecular flexibility index (Phi) is 3.01. The minimum atomic E-state index is -0.421. The van der Waals surface area contributed by atoms with Crippen LogP contribution in [0.2, 0.25) is 0 Å². The smallest absolute Gasteiger partial charge is 0.250 e. The van der Waals surface area contributed by atoms with Crippen molar-refractivity contribution in [2.45, 2.75) is 44.1 Å². The molecule has 2 aliphatic rings. The number of para-hydroxylation sites is 1. The van der Waals surface area contributed by atoms with E-state index in [4.69, 9.17) is 10.7 Å². The second kappa shape index (κ2) is 4.81. The molecule has 2 aromatic rings. The van der Waals surface area contributed by atoms with Crippen molar-refractivity contribution in [1.82, 2.24) is 14.9 Å². The molecule has 22 heavy (non-hydrogen) atoms. The lowest BCUT2D eigenvalue weighted by molar-refractivity contribution is 0.0321. The number of primary amides is 1. The average Bonchev–Trinajstić information content (AvgIpc) is 3.12. The summed E-state index contributed by atoms with van der Waals surface area (Å²) in [6.07, 6.45) is 5.40. The average molecular weight is 298 g/mol. The van der Waals surface area contributed by atoms with Gasteiger partial charge < -0.3 is 10.7 Å². The molecule has 2 heterocycles. The number of aromatic nitrogens is 2. The van der Waals surface area contributed by atoms with Crippen LogP contribution in [0.1, 0.15) is 48.8 Å². The van der Waals surface area contributed by atoms with E-state index in [2.05, 4.69) is 16.8 Å². The molecule has 0 atom stereocenters. The molecule has 5 nitrogen and oxygen atoms in total. The number of nitrogens with two attached hydrogens (primary N) is 1. The molecule has 1 aromatic carbocycles. The number of likely N-dealkylation sites (tertiary alicyclic amines) is 1. The van der Waals surface area contributed by atoms with Gasteiger partial charge in [0, 0.05) is 19.1 Å². The summed E-state index contributed by atoms with van der Waals surface area (Å²) in [6.45, 7) is 4.34. The third-order valence-electron chi connectivity index (χ3n) is 5.30. The van der Waals surface area contributed by atoms with E-state index in [-0.39, 0.29) is 5.41 Å². The lowest BCUT2D eigenvalue weighted by Crippen LogP contribution is -2.60. The van der Waals surface area contributed by atoms with Crippen LogP contribution in [0.5, 0.6) is 0 Å². The number of amides is 1. The zero-order valence-corrected chi connectivity index (χ0v) is 12.9. The maximum absolute atomic E-state index is 11.5. The summed E-state index contributed by atoms with van der Waals surface area (Å²) in [7, 11) is 0. The molecule has 0 unspecified atom stereocenters. The monoisotopic (exact) mass is 298 g/mol. The van der Waals surface area contributed by atoms with E-state index in [1.54, 1.807) is 6.07 Å². The minimum Gasteiger partial charge on any atom is -0.366 e. The van der Waals surface area contributed by atoms with Crippen molar-refractivity contribution in [3.63, 3.8) is 0 Å². The Morgan fingerprint density at radius 1 is 1.36 bits per heavy atom. The number of H-pyrrole nitrogens is 1. The Bertz CT molecular complexity index is 723. The number of nitrogens with zero attached hydrogens (tertiary/aromatic N) is 2. The molecule has 3 N–H and O–H groups in total. The van der Waals surface area contributed by atoms with E-state index in [1.165, 1.54) is 25.7 Å². The molecule has 1 aliphatic heterocycles. The molecular weight excluding hydrogens is 276 g/mol. The van der Waals surface area contributed by atoms with Crippen LogP contribution in [0.4, 0.5) is 0 Å². The van der Waals surface area contributed by atoms with Gasteiger partial charge in [-0.1, -0.05) is 25.8 Å². The lowest BCUT2D eigenvalue weighted by Gasteiger charge is -2.49. The fraction of sp³-hybridized carbons (Fsp3) is 0.529. The van der Waals surface area contributed by atoms with Crippen LogP contribution in [0.15, 0.2) is 18.2 Å². The van der Waals surface area contributed by atoms with Crippen LogP contribution < -0.4 is 5.73 Å². The van der Waals surface area contributed by atoms with Gasteiger partial charge >= 0.3 is 0 Å². The van der Waals surface area contributed by atoms with Gasteiger partial charge in [0.1, 0.15) is 11.3 Å². The van der Waals surface area contributed by atoms with Gasteiger partial charge in [-0.05, 0) is 25.0 Å². The highest BCUT2D eigenvalue weighted by Crippen LogP contribution is 2.38. The molecule has 1 saturated carbocycles. The van der Waals surface area contributed by atoms with Gasteiger partial charge in [0.05, 0.1) is 16.5 Å². The molecule has 2 fully saturated rings. The molecular formula is C17H22N4O. The van der Waals surface area contributed by atoms with Crippen molar-refractivity contribution in [3.8, 4) is 0 Å². The number of hydrogen-bond acceptors (Lipinski definition) is 3. The van der Waals surface area contributed by atoms with Gasteiger partial charge in [-0.2, -0.15) is 0 Å². The Morgan fingerprint density at radius 3 is 2.77 bits per heavy atom. The number of rotatable bonds is 3. The lowest BCUT2D eigenvalue weighted by atomic mass is 9.80. The van der Waals surface area contributed by atoms with Crippen LogP contribution in [-0.4, -0.2) is 39.9 Å². The second-order valence-corrected chi connectivity index (χ2v) is 7.06. The topological polar surface area (TPSA) is 75.0 Å². The zero-order chi connectivity index (χ0) is 15.3. The molecule has 0 radical (unpaired) electrons. The quantitative estimate of drug-likeness (QED) is 0.912. The number of fused-ring (bicyclic) bond motifs is 1. The Hall–Kier alpha value is -1.88. The second-order valence-electron chi connectivity index (χ2n) is 7.06. The highest BCUT2D eigenvalue weighted by molar-refractivity contribution is 6.04. The van der Waals surface area contributed by atoms with Crippen LogP contribution in [0.3, 0.4) is 0 Å². The number of nitrogens with one attached hydrogen (secondary N) is 1. The number of aromatic amines is 1. The standard InChI is InChI=1S/C17H22N4O/c1-17(9-21(10-17)11-5-2-3-6-11)16-19-13-8-4-7-12(15(18)22)14(13)20-16/h4,7-8,11H,2-3,5-6,9-10H2,1H3,(H2,18,22)(H,19,20). The fourth-order valence-corrected chi connectivity index (χ4v) is 4.04. The first-order valence-corrected chi connectivity index (χ1v) is 8.10. The first-order chi connectivity index (χ1) is 10.6. The molecule has 1 saturated heterocycles. The van der Waals surface area contributed by atoms with Crippen LogP contribution in [-0.2, 0) is 5.41 Å². The van der Waals surface area contributed by atoms with Gasteiger partial charge in [0.2, 0.25) is 0 Å². The molecule has 1 aromatic heterocycles. The first-order valence-electron chi connectivity index (χ1n) is 8.10. The molecule has 0 spiro atoms. The minimum absolute atomic E-state index is 0.0521. The largest absolute Gasteiger partial charge is 0.366 e. The number of benzene rings is 1. The SMILES string of the molecule is CC1(c2nc3c(C(N)=O)cccc3[nH]2)CN(C2CCCC2)C1. The van der Waals surface area contributed by atoms with Crippen molar-refractivity contribution in [3.05, 3.63) is 29.6 Å². The highest BCUT2D eigenvalue weighted by atomic mass is 16.1. The normalized spacial score (nSPS) is 22.0. The summed E-state index contributed by atoms with van der Waals surface area (Å²) < 4.78 is 0. The van der Waals surface area contributed by atoms with Crippen molar-refractivity contribution in [2.24, 2.45) is 5.73 Å². The molecule has 0 bridgehead atoms. The van der Waals surface area contributed by atoms with E-state index in [9.17, 15) is 4.79 Å². The van der Waals surface area contributed by atoms with Crippen LogP contribution >= 0.6 is 0 Å². The van der Waals surface area contributed by atoms with Gasteiger partial charge in [0.15, 0.2) is 0 Å². The Balaban J connectivity index is 1.62. The van der Waals surface area contributed by atoms with E-state index < -0.39 is 5.91 Å². The summed E-state index contributed by atoms with van der Waals surface area (Å²) in [5.74, 6) is 0.556. The third kappa shape index (κ3) is 2.03. The summed E-state index contributed by atoms with van der Waals surface area (Å²) in [4.78, 5) is 22.2. The van der Waals surface area contributed by atoms with Gasteiger partial charge in [0.25, 0.3) is 5.91 Å². The molecule has 1 aliphatic carbocycles. The summed E-state index contributed by atoms with van der Waals surface area (Å²) >= 11 is 0. The zero-order valence-electron chi connectivity index (χ0n) is 12.9. The number of carbonyl (C=O) groups excluding carboxylic acids is 1. The van der Waals surface area contributed by atoms with Crippen LogP contribution in [0, 0.1) is 0 Å². The van der Waals surface area contributed by atoms with E-state index in [0.29, 0.717) is 11.1 Å². The first kappa shape index (κ1) is 13.8. The van der Waals surface area contributed by atoms with Crippen molar-refractivity contribution in [2.75, 3.05) is 13.1 Å². The third-order valence-corrected chi connectivity index (χ3v) is 5.30. The van der Waals surface area contributed by atoms with Crippen molar-refractivity contribution < 1.29 is 4.79 Å². The predicted molar refractivity (Wildman–Crippen MR) is 85.8 cm³/mol. The maximum atomic E-state index is 11.5. The van der Waals surface area contributed by atoms with Crippen molar-refractivity contribution in [1.29, 1.82) is 0 Å². The van der Waals surface area contributed by atoms with E-state index >= 15 is 0 Å². The summed E-state index contributed by atoms with van der Waals surface area (Å²) in [5.41, 5.74) is 7.59. The molecule has 1 amide bonds. The van der Waals surface area contributed by atoms with Gasteiger partial charge in [-0.25, -0.2) is 4.98 Å². The van der Waals surface area contributed by atoms with E-state index in [0.717, 1.165) is 30.5 Å². The fourth-order valence-electron chi connectivity index (χ4n) is 4.04. The van der Waals surface area contributed by atoms with E-state index in [1.807, 2.05) is 12.1 Å². The number of imidazole rings is 1. The highest BCUT2D eigenvalue weighted by Gasteiger charge is 2.45. The predicted octanol–water partition coefficient (Wildman–Crippen LogP) is 2.18. The summed E-state index contributed by atoms with van der Waals surface area (Å²) in [5, 5.41) is 0. The molecule has 5 heteroatoms. The number of carbonyl (C=O) groups is 1. The number of hydrogen-bond donors (Lipinski definition) is 2. The Labute approximate surface area is 129 Å². The summed E-state index contributed by atoms with van der Waals surface area (Å²) in [6, 6.07) is 6.30. The van der Waals surface area contributed by atoms with Gasteiger partial charge in [-0.3, -0.25) is 9.69 Å².